The van der Waals surface area contributed by atoms with E-state index in [0.29, 0.717) is 10.9 Å². The van der Waals surface area contributed by atoms with Crippen LogP contribution in [0.2, 0.25) is 0 Å². The summed E-state index contributed by atoms with van der Waals surface area (Å²) in [5.74, 6) is -0.745. The van der Waals surface area contributed by atoms with E-state index in [4.69, 9.17) is 10.8 Å². The van der Waals surface area contributed by atoms with Gasteiger partial charge in [0.25, 0.3) is 6.43 Å². The summed E-state index contributed by atoms with van der Waals surface area (Å²) in [6.07, 6.45) is -0.594. The zero-order valence-corrected chi connectivity index (χ0v) is 12.6. The van der Waals surface area contributed by atoms with Gasteiger partial charge in [-0.3, -0.25) is 4.79 Å². The van der Waals surface area contributed by atoms with Crippen molar-refractivity contribution >= 4 is 29.3 Å². The number of alkyl halides is 2. The van der Waals surface area contributed by atoms with E-state index in [1.54, 1.807) is 26.1 Å². The number of nitrogens with two attached hydrogens (primary N) is 1. The Hall–Kier alpha value is -1.66. The Morgan fingerprint density at radius 3 is 2.43 bits per heavy atom. The molecule has 0 aliphatic carbocycles. The van der Waals surface area contributed by atoms with Crippen LogP contribution in [0.25, 0.3) is 10.9 Å². The highest BCUT2D eigenvalue weighted by Crippen LogP contribution is 2.30. The van der Waals surface area contributed by atoms with Crippen molar-refractivity contribution < 1.29 is 18.7 Å². The molecule has 2 rings (SSSR count). The van der Waals surface area contributed by atoms with E-state index in [0.717, 1.165) is 5.56 Å². The Morgan fingerprint density at radius 1 is 1.43 bits per heavy atom. The average molecular weight is 321 g/mol. The average Bonchev–Trinajstić information content (AvgIpc) is 2.85. The predicted octanol–water partition coefficient (Wildman–Crippen LogP) is 4.03. The lowest BCUT2D eigenvalue weighted by atomic mass is 10.0. The normalized spacial score (nSPS) is 11.5. The van der Waals surface area contributed by atoms with Crippen LogP contribution in [-0.4, -0.2) is 16.1 Å². The van der Waals surface area contributed by atoms with Crippen molar-refractivity contribution in [2.75, 3.05) is 0 Å². The first kappa shape index (κ1) is 19.3. The second-order valence-electron chi connectivity index (χ2n) is 4.39. The Balaban J connectivity index is 0.000000583. The maximum atomic E-state index is 12.8. The summed E-state index contributed by atoms with van der Waals surface area (Å²) in [6.45, 7) is 3.38. The summed E-state index contributed by atoms with van der Waals surface area (Å²) in [7, 11) is 0. The summed E-state index contributed by atoms with van der Waals surface area (Å²) in [5, 5.41) is 8.29. The number of aliphatic carboxylic acids is 1. The van der Waals surface area contributed by atoms with Crippen molar-refractivity contribution in [1.29, 1.82) is 0 Å². The largest absolute Gasteiger partial charge is 0.481 e. The van der Waals surface area contributed by atoms with Crippen molar-refractivity contribution in [3.05, 3.63) is 35.5 Å². The minimum atomic E-state index is -2.47. The maximum Gasteiger partial charge on any atom is 0.303 e. The Bertz CT molecular complexity index is 585. The number of carbonyl (C=O) groups is 1. The minimum Gasteiger partial charge on any atom is -0.481 e. The summed E-state index contributed by atoms with van der Waals surface area (Å²) >= 11 is 0. The third kappa shape index (κ3) is 5.32. The molecule has 7 heteroatoms. The van der Waals surface area contributed by atoms with Gasteiger partial charge in [0.1, 0.15) is 0 Å². The van der Waals surface area contributed by atoms with Gasteiger partial charge in [0.2, 0.25) is 0 Å². The molecule has 21 heavy (non-hydrogen) atoms. The Morgan fingerprint density at radius 2 is 2.00 bits per heavy atom. The van der Waals surface area contributed by atoms with Gasteiger partial charge in [-0.15, -0.1) is 12.4 Å². The van der Waals surface area contributed by atoms with Gasteiger partial charge in [-0.1, -0.05) is 6.92 Å². The molecule has 0 amide bonds. The molecule has 0 fully saturated rings. The number of rotatable bonds is 3. The van der Waals surface area contributed by atoms with E-state index in [-0.39, 0.29) is 30.4 Å². The van der Waals surface area contributed by atoms with E-state index in [9.17, 15) is 13.6 Å². The van der Waals surface area contributed by atoms with E-state index in [1.165, 1.54) is 6.07 Å². The fraction of sp³-hybridized carbons (Fsp3) is 0.357. The number of nitrogens with one attached hydrogen (secondary N) is 1. The summed E-state index contributed by atoms with van der Waals surface area (Å²) < 4.78 is 25.5. The molecular weight excluding hydrogens is 302 g/mol. The Kier molecular flexibility index (Phi) is 7.91. The van der Waals surface area contributed by atoms with E-state index in [1.807, 2.05) is 6.07 Å². The van der Waals surface area contributed by atoms with Gasteiger partial charge in [0, 0.05) is 35.1 Å². The lowest BCUT2D eigenvalue weighted by molar-refractivity contribution is -0.136. The number of fused-ring (bicyclic) bond motifs is 1. The van der Waals surface area contributed by atoms with E-state index < -0.39 is 12.4 Å². The molecule has 1 heterocycles. The Labute approximate surface area is 127 Å². The van der Waals surface area contributed by atoms with Crippen LogP contribution < -0.4 is 5.73 Å². The van der Waals surface area contributed by atoms with Crippen LogP contribution in [0.5, 0.6) is 0 Å². The number of carboxylic acids is 1. The van der Waals surface area contributed by atoms with Crippen LogP contribution in [0.3, 0.4) is 0 Å². The third-order valence-corrected chi connectivity index (χ3v) is 2.79. The molecule has 1 aromatic carbocycles. The molecule has 0 aliphatic heterocycles. The van der Waals surface area contributed by atoms with Crippen molar-refractivity contribution in [2.24, 2.45) is 5.73 Å². The van der Waals surface area contributed by atoms with Gasteiger partial charge in [-0.2, -0.15) is 0 Å². The molecule has 118 valence electrons. The second kappa shape index (κ2) is 8.59. The second-order valence-corrected chi connectivity index (χ2v) is 4.39. The molecule has 4 nitrogen and oxygen atoms in total. The SMILES string of the molecule is CCC(=O)O.C[C@@H](N)c1cc(C(F)F)c2cc[nH]c2c1.Cl. The van der Waals surface area contributed by atoms with Crippen LogP contribution in [0.1, 0.15) is 43.9 Å². The number of hydrogen-bond donors (Lipinski definition) is 3. The molecule has 0 unspecified atom stereocenters. The highest BCUT2D eigenvalue weighted by molar-refractivity contribution is 5.85. The fourth-order valence-corrected chi connectivity index (χ4v) is 1.66. The summed E-state index contributed by atoms with van der Waals surface area (Å²) in [4.78, 5) is 12.3. The van der Waals surface area contributed by atoms with Crippen LogP contribution >= 0.6 is 12.4 Å². The van der Waals surface area contributed by atoms with Crippen LogP contribution in [0, 0.1) is 0 Å². The zero-order valence-electron chi connectivity index (χ0n) is 11.8. The van der Waals surface area contributed by atoms with E-state index in [2.05, 4.69) is 4.98 Å². The van der Waals surface area contributed by atoms with Gasteiger partial charge in [0.05, 0.1) is 0 Å². The molecule has 0 saturated heterocycles. The van der Waals surface area contributed by atoms with Gasteiger partial charge in [0.15, 0.2) is 0 Å². The molecule has 1 atom stereocenters. The highest BCUT2D eigenvalue weighted by Gasteiger charge is 2.14. The third-order valence-electron chi connectivity index (χ3n) is 2.79. The van der Waals surface area contributed by atoms with Crippen molar-refractivity contribution in [1.82, 2.24) is 4.98 Å². The number of aromatic nitrogens is 1. The fourth-order valence-electron chi connectivity index (χ4n) is 1.66. The molecule has 2 aromatic rings. The van der Waals surface area contributed by atoms with Gasteiger partial charge >= 0.3 is 5.97 Å². The van der Waals surface area contributed by atoms with Crippen molar-refractivity contribution in [2.45, 2.75) is 32.7 Å². The standard InChI is InChI=1S/C11H12F2N2.C3H6O2.ClH/c1-6(14)7-4-9(11(12)13)8-2-3-15-10(8)5-7;1-2-3(4)5;/h2-6,11,15H,14H2,1H3;2H2,1H3,(H,4,5);1H/t6-;;/m1../s1. The highest BCUT2D eigenvalue weighted by atomic mass is 35.5. The predicted molar refractivity (Wildman–Crippen MR) is 81.0 cm³/mol. The number of hydrogen-bond acceptors (Lipinski definition) is 2. The monoisotopic (exact) mass is 320 g/mol. The first-order chi connectivity index (χ1) is 9.36. The minimum absolute atomic E-state index is 0. The lowest BCUT2D eigenvalue weighted by Crippen LogP contribution is -2.05. The van der Waals surface area contributed by atoms with Gasteiger partial charge in [-0.05, 0) is 30.7 Å². The van der Waals surface area contributed by atoms with Crippen LogP contribution in [0.15, 0.2) is 24.4 Å². The van der Waals surface area contributed by atoms with Gasteiger partial charge < -0.3 is 15.8 Å². The first-order valence-electron chi connectivity index (χ1n) is 6.23. The lowest BCUT2D eigenvalue weighted by Gasteiger charge is -2.09. The molecule has 0 spiro atoms. The quantitative estimate of drug-likeness (QED) is 0.799. The van der Waals surface area contributed by atoms with Gasteiger partial charge in [-0.25, -0.2) is 8.78 Å². The summed E-state index contributed by atoms with van der Waals surface area (Å²) in [5.41, 5.74) is 7.16. The van der Waals surface area contributed by atoms with Crippen molar-refractivity contribution in [3.8, 4) is 0 Å². The zero-order chi connectivity index (χ0) is 15.3. The topological polar surface area (TPSA) is 79.1 Å². The van der Waals surface area contributed by atoms with Crippen LogP contribution in [0.4, 0.5) is 8.78 Å². The molecular formula is C14H19ClF2N2O2. The molecule has 0 bridgehead atoms. The van der Waals surface area contributed by atoms with E-state index >= 15 is 0 Å². The van der Waals surface area contributed by atoms with Crippen LogP contribution in [-0.2, 0) is 4.79 Å². The summed E-state index contributed by atoms with van der Waals surface area (Å²) in [6, 6.07) is 4.70. The number of benzene rings is 1. The maximum absolute atomic E-state index is 12.8. The molecule has 0 aliphatic rings. The number of halogens is 3. The number of H-pyrrole nitrogens is 1. The number of aromatic amines is 1. The first-order valence-corrected chi connectivity index (χ1v) is 6.23. The van der Waals surface area contributed by atoms with Crippen molar-refractivity contribution in [3.63, 3.8) is 0 Å². The molecule has 4 N–H and O–H groups in total. The molecule has 1 aromatic heterocycles. The molecule has 0 saturated carbocycles. The smallest absolute Gasteiger partial charge is 0.303 e. The molecule has 0 radical (unpaired) electrons. The number of carboxylic acid groups (broad SMARTS) is 1.